The van der Waals surface area contributed by atoms with E-state index in [1.54, 1.807) is 0 Å². The summed E-state index contributed by atoms with van der Waals surface area (Å²) in [4.78, 5) is 4.77. The van der Waals surface area contributed by atoms with Crippen molar-refractivity contribution in [2.45, 2.75) is 33.4 Å². The number of hydrogen-bond acceptors (Lipinski definition) is 7. The third kappa shape index (κ3) is 4.09. The molecule has 1 atom stereocenters. The predicted octanol–water partition coefficient (Wildman–Crippen LogP) is 3.22. The van der Waals surface area contributed by atoms with E-state index in [9.17, 15) is 0 Å². The first kappa shape index (κ1) is 17.9. The van der Waals surface area contributed by atoms with E-state index in [0.29, 0.717) is 11.8 Å². The molecule has 1 aliphatic rings. The van der Waals surface area contributed by atoms with Gasteiger partial charge in [0.1, 0.15) is 0 Å². The van der Waals surface area contributed by atoms with Crippen LogP contribution in [0.5, 0.6) is 0 Å². The lowest BCUT2D eigenvalue weighted by molar-refractivity contribution is 0.0823. The second-order valence-electron chi connectivity index (χ2n) is 7.23. The van der Waals surface area contributed by atoms with Crippen LogP contribution in [0.15, 0.2) is 39.3 Å². The summed E-state index contributed by atoms with van der Waals surface area (Å²) in [5, 5.41) is 12.5. The van der Waals surface area contributed by atoms with Gasteiger partial charge in [-0.3, -0.25) is 9.80 Å². The van der Waals surface area contributed by atoms with Gasteiger partial charge in [-0.1, -0.05) is 22.9 Å². The molecule has 0 amide bonds. The first-order valence-electron chi connectivity index (χ1n) is 9.37. The van der Waals surface area contributed by atoms with Gasteiger partial charge in [-0.2, -0.15) is 0 Å². The lowest BCUT2D eigenvalue weighted by Crippen LogP contribution is -2.46. The van der Waals surface area contributed by atoms with E-state index in [0.717, 1.165) is 49.7 Å². The van der Waals surface area contributed by atoms with Crippen molar-refractivity contribution in [1.29, 1.82) is 0 Å². The fraction of sp³-hybridized carbons (Fsp3) is 0.450. The molecule has 4 rings (SSSR count). The minimum atomic E-state index is 0.103. The lowest BCUT2D eigenvalue weighted by Gasteiger charge is -2.36. The molecule has 3 heterocycles. The van der Waals surface area contributed by atoms with Crippen molar-refractivity contribution in [2.75, 3.05) is 26.2 Å². The largest absolute Gasteiger partial charge is 0.419 e. The Bertz CT molecular complexity index is 878. The molecule has 0 spiro atoms. The maximum atomic E-state index is 5.95. The monoisotopic (exact) mass is 367 g/mol. The molecule has 1 aliphatic heterocycles. The van der Waals surface area contributed by atoms with Crippen LogP contribution in [0.25, 0.3) is 11.5 Å². The van der Waals surface area contributed by atoms with Crippen molar-refractivity contribution in [3.63, 3.8) is 0 Å². The van der Waals surface area contributed by atoms with Gasteiger partial charge in [0.05, 0.1) is 18.3 Å². The first-order chi connectivity index (χ1) is 13.1. The highest BCUT2D eigenvalue weighted by Gasteiger charge is 2.26. The molecule has 1 saturated heterocycles. The van der Waals surface area contributed by atoms with Crippen molar-refractivity contribution in [1.82, 2.24) is 25.2 Å². The summed E-state index contributed by atoms with van der Waals surface area (Å²) >= 11 is 0. The average molecular weight is 367 g/mol. The molecule has 0 aliphatic carbocycles. The van der Waals surface area contributed by atoms with Crippen LogP contribution in [-0.4, -0.2) is 51.3 Å². The molecular weight excluding hydrogens is 342 g/mol. The second kappa shape index (κ2) is 7.62. The molecule has 0 radical (unpaired) electrons. The summed E-state index contributed by atoms with van der Waals surface area (Å²) < 4.78 is 11.3. The van der Waals surface area contributed by atoms with E-state index < -0.39 is 0 Å². The average Bonchev–Trinajstić information content (AvgIpc) is 3.32. The number of hydrogen-bond donors (Lipinski definition) is 0. The molecule has 7 nitrogen and oxygen atoms in total. The zero-order valence-electron chi connectivity index (χ0n) is 16.1. The second-order valence-corrected chi connectivity index (χ2v) is 7.23. The van der Waals surface area contributed by atoms with Crippen LogP contribution < -0.4 is 0 Å². The minimum absolute atomic E-state index is 0.103. The number of rotatable bonds is 5. The highest BCUT2D eigenvalue weighted by molar-refractivity contribution is 5.52. The normalized spacial score (nSPS) is 17.3. The summed E-state index contributed by atoms with van der Waals surface area (Å²) in [5.74, 6) is 2.18. The molecule has 1 fully saturated rings. The molecule has 142 valence electrons. The van der Waals surface area contributed by atoms with Gasteiger partial charge in [-0.05, 0) is 32.9 Å². The smallest absolute Gasteiger partial charge is 0.247 e. The lowest BCUT2D eigenvalue weighted by atomic mass is 10.1. The van der Waals surface area contributed by atoms with Gasteiger partial charge < -0.3 is 8.94 Å². The predicted molar refractivity (Wildman–Crippen MR) is 101 cm³/mol. The van der Waals surface area contributed by atoms with Gasteiger partial charge in [0.25, 0.3) is 0 Å². The molecule has 1 unspecified atom stereocenters. The van der Waals surface area contributed by atoms with E-state index in [-0.39, 0.29) is 6.04 Å². The van der Waals surface area contributed by atoms with Crippen LogP contribution in [0.1, 0.15) is 35.9 Å². The zero-order valence-corrected chi connectivity index (χ0v) is 16.1. The van der Waals surface area contributed by atoms with E-state index in [4.69, 9.17) is 8.94 Å². The molecule has 0 saturated carbocycles. The maximum absolute atomic E-state index is 5.95. The molecular formula is C20H25N5O2. The van der Waals surface area contributed by atoms with E-state index in [2.05, 4.69) is 51.1 Å². The van der Waals surface area contributed by atoms with E-state index >= 15 is 0 Å². The Morgan fingerprint density at radius 3 is 2.44 bits per heavy atom. The Morgan fingerprint density at radius 2 is 1.78 bits per heavy atom. The molecule has 2 aromatic heterocycles. The Labute approximate surface area is 159 Å². The number of piperazine rings is 1. The Hall–Kier alpha value is -2.51. The molecule has 0 bridgehead atoms. The number of nitrogens with zero attached hydrogens (tertiary/aromatic N) is 5. The van der Waals surface area contributed by atoms with Crippen LogP contribution in [0.4, 0.5) is 0 Å². The maximum Gasteiger partial charge on any atom is 0.247 e. The Balaban J connectivity index is 1.35. The minimum Gasteiger partial charge on any atom is -0.419 e. The van der Waals surface area contributed by atoms with Crippen LogP contribution in [0, 0.1) is 13.8 Å². The van der Waals surface area contributed by atoms with Crippen molar-refractivity contribution >= 4 is 0 Å². The van der Waals surface area contributed by atoms with Crippen LogP contribution in [-0.2, 0) is 6.54 Å². The summed E-state index contributed by atoms with van der Waals surface area (Å²) in [6.45, 7) is 10.8. The highest BCUT2D eigenvalue weighted by atomic mass is 16.5. The summed E-state index contributed by atoms with van der Waals surface area (Å²) in [7, 11) is 0. The number of aromatic nitrogens is 3. The van der Waals surface area contributed by atoms with Crippen LogP contribution in [0.3, 0.4) is 0 Å². The fourth-order valence-corrected chi connectivity index (χ4v) is 3.39. The number of benzene rings is 1. The Morgan fingerprint density at radius 1 is 1.04 bits per heavy atom. The van der Waals surface area contributed by atoms with Crippen molar-refractivity contribution < 1.29 is 8.94 Å². The topological polar surface area (TPSA) is 71.4 Å². The van der Waals surface area contributed by atoms with E-state index in [1.807, 2.05) is 25.1 Å². The molecule has 7 heteroatoms. The Kier molecular flexibility index (Phi) is 5.05. The van der Waals surface area contributed by atoms with Crippen molar-refractivity contribution in [3.05, 3.63) is 53.2 Å². The van der Waals surface area contributed by atoms with Crippen molar-refractivity contribution in [3.8, 4) is 11.5 Å². The van der Waals surface area contributed by atoms with Gasteiger partial charge >= 0.3 is 0 Å². The molecule has 3 aromatic rings. The third-order valence-corrected chi connectivity index (χ3v) is 5.11. The van der Waals surface area contributed by atoms with Gasteiger partial charge in [0.2, 0.25) is 11.8 Å². The molecule has 0 N–H and O–H groups in total. The van der Waals surface area contributed by atoms with Crippen molar-refractivity contribution in [2.24, 2.45) is 0 Å². The zero-order chi connectivity index (χ0) is 18.8. The van der Waals surface area contributed by atoms with Gasteiger partial charge in [-0.15, -0.1) is 10.2 Å². The SMILES string of the molecule is Cc1ccc(-c2nnc(C(C)N3CCN(Cc4cc(C)no4)CC3)o2)cc1. The van der Waals surface area contributed by atoms with Gasteiger partial charge in [0, 0.05) is 37.8 Å². The quantitative estimate of drug-likeness (QED) is 0.685. The number of aryl methyl sites for hydroxylation is 2. The van der Waals surface area contributed by atoms with E-state index in [1.165, 1.54) is 5.56 Å². The van der Waals surface area contributed by atoms with Gasteiger partial charge in [-0.25, -0.2) is 0 Å². The van der Waals surface area contributed by atoms with Gasteiger partial charge in [0.15, 0.2) is 5.76 Å². The third-order valence-electron chi connectivity index (χ3n) is 5.11. The molecule has 1 aromatic carbocycles. The van der Waals surface area contributed by atoms with Crippen LogP contribution >= 0.6 is 0 Å². The summed E-state index contributed by atoms with van der Waals surface area (Å²) in [6, 6.07) is 10.2. The van der Waals surface area contributed by atoms with Crippen LogP contribution in [0.2, 0.25) is 0 Å². The summed E-state index contributed by atoms with van der Waals surface area (Å²) in [5.41, 5.74) is 3.10. The first-order valence-corrected chi connectivity index (χ1v) is 9.37. The fourth-order valence-electron chi connectivity index (χ4n) is 3.39. The summed E-state index contributed by atoms with van der Waals surface area (Å²) in [6.07, 6.45) is 0. The highest BCUT2D eigenvalue weighted by Crippen LogP contribution is 2.25. The molecule has 27 heavy (non-hydrogen) atoms. The standard InChI is InChI=1S/C20H25N5O2/c1-14-4-6-17(7-5-14)20-22-21-19(26-20)16(3)25-10-8-24(9-11-25)13-18-12-15(2)23-27-18/h4-7,12,16H,8-11,13H2,1-3H3.